The first-order valence-electron chi connectivity index (χ1n) is 8.45. The Hall–Kier alpha value is -1.39. The molecule has 2 atom stereocenters. The number of aliphatic hydroxyl groups excluding tert-OH is 1. The van der Waals surface area contributed by atoms with E-state index in [1.54, 1.807) is 12.1 Å². The van der Waals surface area contributed by atoms with Crippen LogP contribution in [0.15, 0.2) is 54.6 Å². The number of nitrogens with zero attached hydrogens (tertiary/aromatic N) is 1. The summed E-state index contributed by atoms with van der Waals surface area (Å²) in [4.78, 5) is 2.25. The molecule has 0 radical (unpaired) electrons. The summed E-state index contributed by atoms with van der Waals surface area (Å²) in [7, 11) is 0. The van der Waals surface area contributed by atoms with E-state index in [0.717, 1.165) is 24.2 Å². The van der Waals surface area contributed by atoms with Gasteiger partial charge in [0.15, 0.2) is 0 Å². The number of hydrogen-bond donors (Lipinski definition) is 2. The standard InChI is InChI=1S/C20H24ClNO2/c1-15(19(23)16-7-9-18(21)10-8-16)22-13-11-20(24,12-14-22)17-5-3-2-4-6-17/h2-10,15,19,23-24H,11-14H2,1H3/t15-,19-/m1/s1. The van der Waals surface area contributed by atoms with Crippen molar-refractivity contribution in [2.24, 2.45) is 0 Å². The van der Waals surface area contributed by atoms with E-state index in [-0.39, 0.29) is 6.04 Å². The molecule has 3 nitrogen and oxygen atoms in total. The van der Waals surface area contributed by atoms with Crippen molar-refractivity contribution in [3.63, 3.8) is 0 Å². The summed E-state index contributed by atoms with van der Waals surface area (Å²) in [6.45, 7) is 3.56. The second-order valence-electron chi connectivity index (χ2n) is 6.67. The Kier molecular flexibility index (Phi) is 5.26. The molecule has 4 heteroatoms. The van der Waals surface area contributed by atoms with Crippen molar-refractivity contribution < 1.29 is 10.2 Å². The summed E-state index contributed by atoms with van der Waals surface area (Å²) in [5.74, 6) is 0. The van der Waals surface area contributed by atoms with Gasteiger partial charge in [-0.2, -0.15) is 0 Å². The number of rotatable bonds is 4. The summed E-state index contributed by atoms with van der Waals surface area (Å²) in [5.41, 5.74) is 1.09. The first kappa shape index (κ1) is 17.4. The second kappa shape index (κ2) is 7.24. The van der Waals surface area contributed by atoms with Crippen LogP contribution in [0.5, 0.6) is 0 Å². The molecule has 0 aliphatic carbocycles. The maximum Gasteiger partial charge on any atom is 0.0942 e. The molecule has 1 aliphatic rings. The van der Waals surface area contributed by atoms with E-state index in [0.29, 0.717) is 17.9 Å². The van der Waals surface area contributed by atoms with Gasteiger partial charge in [-0.25, -0.2) is 0 Å². The van der Waals surface area contributed by atoms with Crippen LogP contribution in [-0.2, 0) is 5.60 Å². The molecule has 0 aromatic heterocycles. The molecule has 24 heavy (non-hydrogen) atoms. The van der Waals surface area contributed by atoms with Gasteiger partial charge in [0.2, 0.25) is 0 Å². The van der Waals surface area contributed by atoms with Crippen molar-refractivity contribution >= 4 is 11.6 Å². The van der Waals surface area contributed by atoms with Gasteiger partial charge in [-0.15, -0.1) is 0 Å². The molecule has 128 valence electrons. The fraction of sp³-hybridized carbons (Fsp3) is 0.400. The third-order valence-corrected chi connectivity index (χ3v) is 5.43. The highest BCUT2D eigenvalue weighted by Gasteiger charge is 2.36. The van der Waals surface area contributed by atoms with E-state index in [1.807, 2.05) is 49.4 Å². The minimum Gasteiger partial charge on any atom is -0.387 e. The minimum atomic E-state index is -0.761. The molecule has 3 rings (SSSR count). The predicted octanol–water partition coefficient (Wildman–Crippen LogP) is 3.75. The van der Waals surface area contributed by atoms with Crippen LogP contribution in [0.3, 0.4) is 0 Å². The Morgan fingerprint density at radius 1 is 1.00 bits per heavy atom. The van der Waals surface area contributed by atoms with Crippen molar-refractivity contribution in [1.82, 2.24) is 4.90 Å². The van der Waals surface area contributed by atoms with Crippen LogP contribution in [0.1, 0.15) is 37.0 Å². The average Bonchev–Trinajstić information content (AvgIpc) is 2.62. The molecule has 0 unspecified atom stereocenters. The maximum atomic E-state index is 10.9. The van der Waals surface area contributed by atoms with E-state index in [2.05, 4.69) is 4.90 Å². The molecular weight excluding hydrogens is 322 g/mol. The summed E-state index contributed by atoms with van der Waals surface area (Å²) in [5, 5.41) is 22.2. The molecule has 0 bridgehead atoms. The number of benzene rings is 2. The zero-order valence-corrected chi connectivity index (χ0v) is 14.7. The summed E-state index contributed by atoms with van der Waals surface area (Å²) >= 11 is 5.91. The van der Waals surface area contributed by atoms with Gasteiger partial charge in [0.25, 0.3) is 0 Å². The molecule has 1 aliphatic heterocycles. The fourth-order valence-electron chi connectivity index (χ4n) is 3.48. The molecule has 0 spiro atoms. The maximum absolute atomic E-state index is 10.9. The molecule has 2 N–H and O–H groups in total. The van der Waals surface area contributed by atoms with Gasteiger partial charge in [0, 0.05) is 24.2 Å². The molecule has 0 amide bonds. The van der Waals surface area contributed by atoms with E-state index in [1.165, 1.54) is 0 Å². The van der Waals surface area contributed by atoms with Crippen LogP contribution in [0.25, 0.3) is 0 Å². The minimum absolute atomic E-state index is 0.00787. The van der Waals surface area contributed by atoms with E-state index < -0.39 is 11.7 Å². The van der Waals surface area contributed by atoms with Crippen LogP contribution < -0.4 is 0 Å². The molecule has 2 aromatic rings. The normalized spacial score (nSPS) is 20.5. The molecule has 0 saturated carbocycles. The third-order valence-electron chi connectivity index (χ3n) is 5.18. The summed E-state index contributed by atoms with van der Waals surface area (Å²) in [6, 6.07) is 17.2. The van der Waals surface area contributed by atoms with Crippen molar-refractivity contribution in [2.75, 3.05) is 13.1 Å². The van der Waals surface area contributed by atoms with E-state index in [9.17, 15) is 10.2 Å². The van der Waals surface area contributed by atoms with Crippen LogP contribution in [0.4, 0.5) is 0 Å². The topological polar surface area (TPSA) is 43.7 Å². The lowest BCUT2D eigenvalue weighted by Gasteiger charge is -2.42. The number of aliphatic hydroxyl groups is 2. The zero-order valence-electron chi connectivity index (χ0n) is 13.9. The van der Waals surface area contributed by atoms with Gasteiger partial charge < -0.3 is 10.2 Å². The van der Waals surface area contributed by atoms with Crippen LogP contribution in [0, 0.1) is 0 Å². The molecule has 1 heterocycles. The smallest absolute Gasteiger partial charge is 0.0942 e. The lowest BCUT2D eigenvalue weighted by Crippen LogP contribution is -2.47. The Morgan fingerprint density at radius 2 is 1.58 bits per heavy atom. The number of piperidine rings is 1. The Balaban J connectivity index is 1.64. The fourth-order valence-corrected chi connectivity index (χ4v) is 3.60. The lowest BCUT2D eigenvalue weighted by molar-refractivity contribution is -0.0501. The highest BCUT2D eigenvalue weighted by molar-refractivity contribution is 6.30. The zero-order chi connectivity index (χ0) is 17.2. The van der Waals surface area contributed by atoms with Crippen molar-refractivity contribution in [3.8, 4) is 0 Å². The van der Waals surface area contributed by atoms with Gasteiger partial charge in [-0.1, -0.05) is 54.1 Å². The summed E-state index contributed by atoms with van der Waals surface area (Å²) in [6.07, 6.45) is 0.786. The van der Waals surface area contributed by atoms with E-state index in [4.69, 9.17) is 11.6 Å². The Bertz CT molecular complexity index is 651. The van der Waals surface area contributed by atoms with Gasteiger partial charge in [0.05, 0.1) is 11.7 Å². The highest BCUT2D eigenvalue weighted by atomic mass is 35.5. The Labute approximate surface area is 148 Å². The van der Waals surface area contributed by atoms with Crippen molar-refractivity contribution in [3.05, 3.63) is 70.7 Å². The quantitative estimate of drug-likeness (QED) is 0.887. The van der Waals surface area contributed by atoms with Crippen LogP contribution in [-0.4, -0.2) is 34.2 Å². The number of halogens is 1. The monoisotopic (exact) mass is 345 g/mol. The largest absolute Gasteiger partial charge is 0.387 e. The van der Waals surface area contributed by atoms with Gasteiger partial charge in [0.1, 0.15) is 0 Å². The lowest BCUT2D eigenvalue weighted by atomic mass is 9.83. The SMILES string of the molecule is C[C@H]([C@@H](O)c1ccc(Cl)cc1)N1CCC(O)(c2ccccc2)CC1. The second-order valence-corrected chi connectivity index (χ2v) is 7.11. The van der Waals surface area contributed by atoms with Crippen LogP contribution >= 0.6 is 11.6 Å². The summed E-state index contributed by atoms with van der Waals surface area (Å²) < 4.78 is 0. The third kappa shape index (κ3) is 3.65. The number of hydrogen-bond acceptors (Lipinski definition) is 3. The Morgan fingerprint density at radius 3 is 2.17 bits per heavy atom. The van der Waals surface area contributed by atoms with Crippen LogP contribution in [0.2, 0.25) is 5.02 Å². The highest BCUT2D eigenvalue weighted by Crippen LogP contribution is 2.34. The van der Waals surface area contributed by atoms with Gasteiger partial charge >= 0.3 is 0 Å². The van der Waals surface area contributed by atoms with Gasteiger partial charge in [-0.05, 0) is 43.0 Å². The van der Waals surface area contributed by atoms with Crippen molar-refractivity contribution in [2.45, 2.75) is 37.5 Å². The molecule has 1 fully saturated rings. The predicted molar refractivity (Wildman–Crippen MR) is 97.0 cm³/mol. The van der Waals surface area contributed by atoms with E-state index >= 15 is 0 Å². The average molecular weight is 346 g/mol. The first-order chi connectivity index (χ1) is 11.5. The molecule has 1 saturated heterocycles. The van der Waals surface area contributed by atoms with Crippen molar-refractivity contribution in [1.29, 1.82) is 0 Å². The molecule has 2 aromatic carbocycles. The first-order valence-corrected chi connectivity index (χ1v) is 8.83. The molecular formula is C20H24ClNO2. The van der Waals surface area contributed by atoms with Gasteiger partial charge in [-0.3, -0.25) is 4.90 Å². The number of likely N-dealkylation sites (tertiary alicyclic amines) is 1.